The van der Waals surface area contributed by atoms with Gasteiger partial charge in [-0.1, -0.05) is 6.07 Å². The Labute approximate surface area is 177 Å². The molecule has 3 aromatic carbocycles. The molecule has 0 aliphatic carbocycles. The van der Waals surface area contributed by atoms with Crippen LogP contribution < -0.4 is 5.32 Å². The van der Waals surface area contributed by atoms with E-state index in [4.69, 9.17) is 9.40 Å². The molecular formula is C24H18F2N4O. The van der Waals surface area contributed by atoms with Crippen molar-refractivity contribution >= 4 is 22.4 Å². The molecular weight excluding hydrogens is 398 g/mol. The van der Waals surface area contributed by atoms with Gasteiger partial charge in [0.2, 0.25) is 0 Å². The summed E-state index contributed by atoms with van der Waals surface area (Å²) in [5.74, 6) is 0.872. The minimum Gasteiger partial charge on any atom is -0.441 e. The van der Waals surface area contributed by atoms with Gasteiger partial charge in [-0.25, -0.2) is 18.7 Å². The second-order valence-corrected chi connectivity index (χ2v) is 7.24. The van der Waals surface area contributed by atoms with Crippen LogP contribution in [0.15, 0.2) is 71.3 Å². The molecule has 5 nitrogen and oxygen atoms in total. The van der Waals surface area contributed by atoms with Gasteiger partial charge in [0.25, 0.3) is 0 Å². The van der Waals surface area contributed by atoms with Gasteiger partial charge < -0.3 is 14.3 Å². The Morgan fingerprint density at radius 1 is 1.00 bits per heavy atom. The van der Waals surface area contributed by atoms with Crippen LogP contribution in [0.25, 0.3) is 33.7 Å². The second-order valence-electron chi connectivity index (χ2n) is 7.24. The number of oxazole rings is 1. The SMILES string of the molecule is Cc1ncc(-c2ccc(Nc3cccc4c3nc(-c3ccc(F)cc3)n4C)cc2F)o1. The molecule has 0 bridgehead atoms. The summed E-state index contributed by atoms with van der Waals surface area (Å²) in [6.07, 6.45) is 1.51. The first-order valence-corrected chi connectivity index (χ1v) is 9.70. The van der Waals surface area contributed by atoms with Crippen LogP contribution >= 0.6 is 0 Å². The number of para-hydroxylation sites is 1. The molecule has 5 rings (SSSR count). The van der Waals surface area contributed by atoms with E-state index in [9.17, 15) is 8.78 Å². The molecule has 5 aromatic rings. The molecule has 0 fully saturated rings. The Bertz CT molecular complexity index is 1400. The van der Waals surface area contributed by atoms with Gasteiger partial charge in [-0.15, -0.1) is 0 Å². The fraction of sp³-hybridized carbons (Fsp3) is 0.0833. The average molecular weight is 416 g/mol. The number of hydrogen-bond acceptors (Lipinski definition) is 4. The van der Waals surface area contributed by atoms with Crippen LogP contribution in [0.3, 0.4) is 0 Å². The summed E-state index contributed by atoms with van der Waals surface area (Å²) >= 11 is 0. The van der Waals surface area contributed by atoms with Gasteiger partial charge in [-0.3, -0.25) is 0 Å². The van der Waals surface area contributed by atoms with Crippen molar-refractivity contribution in [2.75, 3.05) is 5.32 Å². The number of halogens is 2. The minimum atomic E-state index is -0.415. The number of rotatable bonds is 4. The lowest BCUT2D eigenvalue weighted by Gasteiger charge is -2.09. The summed E-state index contributed by atoms with van der Waals surface area (Å²) in [5, 5.41) is 3.25. The van der Waals surface area contributed by atoms with Crippen LogP contribution in [0.5, 0.6) is 0 Å². The van der Waals surface area contributed by atoms with Gasteiger partial charge in [-0.2, -0.15) is 0 Å². The Morgan fingerprint density at radius 3 is 2.52 bits per heavy atom. The largest absolute Gasteiger partial charge is 0.441 e. The predicted octanol–water partition coefficient (Wildman–Crippen LogP) is 6.23. The monoisotopic (exact) mass is 416 g/mol. The Morgan fingerprint density at radius 2 is 1.81 bits per heavy atom. The van der Waals surface area contributed by atoms with E-state index in [0.717, 1.165) is 22.3 Å². The summed E-state index contributed by atoms with van der Waals surface area (Å²) in [6, 6.07) is 16.8. The minimum absolute atomic E-state index is 0.296. The molecule has 154 valence electrons. The summed E-state index contributed by atoms with van der Waals surface area (Å²) in [6.45, 7) is 1.71. The van der Waals surface area contributed by atoms with Crippen molar-refractivity contribution in [1.82, 2.24) is 14.5 Å². The molecule has 0 amide bonds. The number of anilines is 2. The number of aromatic nitrogens is 3. The Kier molecular flexibility index (Phi) is 4.51. The molecule has 1 N–H and O–H groups in total. The first-order valence-electron chi connectivity index (χ1n) is 9.70. The van der Waals surface area contributed by atoms with E-state index in [2.05, 4.69) is 10.3 Å². The van der Waals surface area contributed by atoms with Gasteiger partial charge in [-0.05, 0) is 54.6 Å². The van der Waals surface area contributed by atoms with Gasteiger partial charge in [0.15, 0.2) is 11.7 Å². The third-order valence-electron chi connectivity index (χ3n) is 5.15. The molecule has 0 radical (unpaired) electrons. The van der Waals surface area contributed by atoms with Crippen molar-refractivity contribution in [3.63, 3.8) is 0 Å². The third kappa shape index (κ3) is 3.44. The van der Waals surface area contributed by atoms with E-state index in [1.807, 2.05) is 29.8 Å². The number of imidazole rings is 1. The second kappa shape index (κ2) is 7.36. The first-order chi connectivity index (χ1) is 15.0. The fourth-order valence-corrected chi connectivity index (χ4v) is 3.61. The highest BCUT2D eigenvalue weighted by atomic mass is 19.1. The molecule has 0 aliphatic heterocycles. The lowest BCUT2D eigenvalue weighted by Crippen LogP contribution is -1.94. The lowest BCUT2D eigenvalue weighted by molar-refractivity contribution is 0.528. The van der Waals surface area contributed by atoms with E-state index in [-0.39, 0.29) is 5.82 Å². The number of nitrogens with one attached hydrogen (secondary N) is 1. The summed E-state index contributed by atoms with van der Waals surface area (Å²) in [4.78, 5) is 8.78. The maximum Gasteiger partial charge on any atom is 0.191 e. The predicted molar refractivity (Wildman–Crippen MR) is 116 cm³/mol. The Balaban J connectivity index is 1.51. The van der Waals surface area contributed by atoms with Crippen molar-refractivity contribution in [2.45, 2.75) is 6.92 Å². The summed E-state index contributed by atoms with van der Waals surface area (Å²) in [5.41, 5.74) is 4.12. The van der Waals surface area contributed by atoms with E-state index in [1.54, 1.807) is 31.2 Å². The number of aryl methyl sites for hydroxylation is 2. The number of nitrogens with zero attached hydrogens (tertiary/aromatic N) is 3. The highest BCUT2D eigenvalue weighted by Gasteiger charge is 2.15. The fourth-order valence-electron chi connectivity index (χ4n) is 3.61. The molecule has 0 aliphatic rings. The number of fused-ring (bicyclic) bond motifs is 1. The van der Waals surface area contributed by atoms with Crippen LogP contribution in [-0.4, -0.2) is 14.5 Å². The van der Waals surface area contributed by atoms with Crippen LogP contribution in [0, 0.1) is 18.6 Å². The normalized spacial score (nSPS) is 11.2. The van der Waals surface area contributed by atoms with Gasteiger partial charge >= 0.3 is 0 Å². The van der Waals surface area contributed by atoms with Crippen molar-refractivity contribution in [1.29, 1.82) is 0 Å². The van der Waals surface area contributed by atoms with Crippen LogP contribution in [0.4, 0.5) is 20.2 Å². The standard InChI is InChI=1S/C24H18F2N4O/c1-14-27-13-22(31-14)18-11-10-17(12-19(18)26)28-20-4-3-5-21-23(20)29-24(30(21)2)15-6-8-16(25)9-7-15/h3-13,28H,1-2H3. The Hall–Kier alpha value is -4.00. The zero-order valence-corrected chi connectivity index (χ0v) is 16.9. The van der Waals surface area contributed by atoms with Crippen LogP contribution in [-0.2, 0) is 7.05 Å². The number of hydrogen-bond donors (Lipinski definition) is 1. The molecule has 0 atom stereocenters. The van der Waals surface area contributed by atoms with Crippen molar-refractivity contribution in [3.8, 4) is 22.7 Å². The smallest absolute Gasteiger partial charge is 0.191 e. The van der Waals surface area contributed by atoms with Crippen molar-refractivity contribution < 1.29 is 13.2 Å². The molecule has 0 spiro atoms. The topological polar surface area (TPSA) is 55.9 Å². The zero-order valence-electron chi connectivity index (χ0n) is 16.9. The van der Waals surface area contributed by atoms with E-state index >= 15 is 0 Å². The molecule has 7 heteroatoms. The summed E-state index contributed by atoms with van der Waals surface area (Å²) in [7, 11) is 1.91. The maximum atomic E-state index is 14.7. The molecule has 2 aromatic heterocycles. The van der Waals surface area contributed by atoms with Crippen molar-refractivity contribution in [3.05, 3.63) is 84.4 Å². The van der Waals surface area contributed by atoms with E-state index < -0.39 is 5.82 Å². The number of benzene rings is 3. The zero-order chi connectivity index (χ0) is 21.5. The maximum absolute atomic E-state index is 14.7. The van der Waals surface area contributed by atoms with Gasteiger partial charge in [0, 0.05) is 25.2 Å². The highest BCUT2D eigenvalue weighted by Crippen LogP contribution is 2.32. The van der Waals surface area contributed by atoms with Crippen molar-refractivity contribution in [2.24, 2.45) is 7.05 Å². The highest BCUT2D eigenvalue weighted by molar-refractivity contribution is 5.93. The quantitative estimate of drug-likeness (QED) is 0.378. The molecule has 31 heavy (non-hydrogen) atoms. The van der Waals surface area contributed by atoms with Crippen LogP contribution in [0.2, 0.25) is 0 Å². The van der Waals surface area contributed by atoms with Gasteiger partial charge in [0.05, 0.1) is 23.0 Å². The average Bonchev–Trinajstić information content (AvgIpc) is 3.33. The molecule has 2 heterocycles. The molecule has 0 unspecified atom stereocenters. The van der Waals surface area contributed by atoms with E-state index in [0.29, 0.717) is 28.7 Å². The first kappa shape index (κ1) is 19.0. The molecule has 0 saturated carbocycles. The van der Waals surface area contributed by atoms with Crippen LogP contribution in [0.1, 0.15) is 5.89 Å². The third-order valence-corrected chi connectivity index (χ3v) is 5.15. The van der Waals surface area contributed by atoms with Gasteiger partial charge in [0.1, 0.15) is 23.0 Å². The van der Waals surface area contributed by atoms with E-state index in [1.165, 1.54) is 24.4 Å². The molecule has 0 saturated heterocycles. The lowest BCUT2D eigenvalue weighted by atomic mass is 10.1. The summed E-state index contributed by atoms with van der Waals surface area (Å²) < 4.78 is 35.4.